The lowest BCUT2D eigenvalue weighted by Gasteiger charge is -2.25. The van der Waals surface area contributed by atoms with Gasteiger partial charge in [-0.25, -0.2) is 0 Å². The third-order valence-corrected chi connectivity index (χ3v) is 3.27. The normalized spacial score (nSPS) is 11.3. The Kier molecular flexibility index (Phi) is 4.58. The van der Waals surface area contributed by atoms with Crippen molar-refractivity contribution in [3.8, 4) is 5.75 Å². The predicted molar refractivity (Wildman–Crippen MR) is 78.8 cm³/mol. The Hall–Kier alpha value is -1.55. The largest absolute Gasteiger partial charge is 0.496 e. The van der Waals surface area contributed by atoms with Gasteiger partial charge in [0, 0.05) is 24.7 Å². The van der Waals surface area contributed by atoms with E-state index in [0.29, 0.717) is 6.42 Å². The van der Waals surface area contributed by atoms with Crippen LogP contribution in [-0.2, 0) is 4.79 Å². The van der Waals surface area contributed by atoms with Crippen LogP contribution in [0.25, 0.3) is 0 Å². The third-order valence-electron chi connectivity index (χ3n) is 3.27. The maximum Gasteiger partial charge on any atom is 0.228 e. The summed E-state index contributed by atoms with van der Waals surface area (Å²) in [5.74, 6) is 0.849. The van der Waals surface area contributed by atoms with Gasteiger partial charge in [-0.1, -0.05) is 0 Å². The fourth-order valence-corrected chi connectivity index (χ4v) is 2.01. The molecule has 0 spiro atoms. The Morgan fingerprint density at radius 2 is 1.89 bits per heavy atom. The van der Waals surface area contributed by atoms with Crippen molar-refractivity contribution in [3.05, 3.63) is 23.3 Å². The highest BCUT2D eigenvalue weighted by Gasteiger charge is 2.21. The molecule has 19 heavy (non-hydrogen) atoms. The van der Waals surface area contributed by atoms with Crippen LogP contribution in [0.2, 0.25) is 0 Å². The molecule has 1 amide bonds. The van der Waals surface area contributed by atoms with Crippen LogP contribution in [0.5, 0.6) is 5.75 Å². The summed E-state index contributed by atoms with van der Waals surface area (Å²) in [4.78, 5) is 13.9. The van der Waals surface area contributed by atoms with E-state index in [1.807, 2.05) is 39.8 Å². The minimum atomic E-state index is -0.499. The van der Waals surface area contributed by atoms with Gasteiger partial charge < -0.3 is 15.4 Å². The van der Waals surface area contributed by atoms with Gasteiger partial charge in [0.25, 0.3) is 0 Å². The maximum absolute atomic E-state index is 12.2. The molecule has 0 unspecified atom stereocenters. The zero-order valence-electron chi connectivity index (χ0n) is 12.7. The number of amides is 1. The molecule has 0 atom stereocenters. The van der Waals surface area contributed by atoms with Gasteiger partial charge in [-0.3, -0.25) is 4.79 Å². The fourth-order valence-electron chi connectivity index (χ4n) is 2.01. The van der Waals surface area contributed by atoms with Crippen LogP contribution >= 0.6 is 0 Å². The Morgan fingerprint density at radius 1 is 1.32 bits per heavy atom. The summed E-state index contributed by atoms with van der Waals surface area (Å²) >= 11 is 0. The Morgan fingerprint density at radius 3 is 2.37 bits per heavy atom. The molecule has 0 heterocycles. The Balaban J connectivity index is 3.04. The number of hydrogen-bond donors (Lipinski definition) is 1. The smallest absolute Gasteiger partial charge is 0.228 e. The van der Waals surface area contributed by atoms with E-state index in [-0.39, 0.29) is 5.91 Å². The van der Waals surface area contributed by atoms with E-state index in [1.165, 1.54) is 0 Å². The fraction of sp³-hybridized carbons (Fsp3) is 0.533. The quantitative estimate of drug-likeness (QED) is 0.908. The highest BCUT2D eigenvalue weighted by Crippen LogP contribution is 2.29. The number of benzene rings is 1. The minimum Gasteiger partial charge on any atom is -0.496 e. The average Bonchev–Trinajstić information content (AvgIpc) is 2.29. The first kappa shape index (κ1) is 15.5. The summed E-state index contributed by atoms with van der Waals surface area (Å²) in [5, 5.41) is 0. The lowest BCUT2D eigenvalue weighted by Crippen LogP contribution is -2.40. The number of methoxy groups -OCH3 is 1. The van der Waals surface area contributed by atoms with Crippen molar-refractivity contribution in [2.45, 2.75) is 39.7 Å². The molecule has 0 radical (unpaired) electrons. The van der Waals surface area contributed by atoms with Gasteiger partial charge in [-0.15, -0.1) is 0 Å². The number of anilines is 1. The van der Waals surface area contributed by atoms with Gasteiger partial charge in [0.1, 0.15) is 5.75 Å². The van der Waals surface area contributed by atoms with Crippen LogP contribution < -0.4 is 15.4 Å². The highest BCUT2D eigenvalue weighted by molar-refractivity contribution is 5.94. The molecule has 1 rings (SSSR count). The molecular formula is C15H24N2O2. The van der Waals surface area contributed by atoms with Crippen LogP contribution in [-0.4, -0.2) is 25.6 Å². The first-order valence-corrected chi connectivity index (χ1v) is 6.37. The number of nitrogens with two attached hydrogens (primary N) is 1. The molecular weight excluding hydrogens is 240 g/mol. The first-order valence-electron chi connectivity index (χ1n) is 6.37. The topological polar surface area (TPSA) is 55.6 Å². The summed E-state index contributed by atoms with van der Waals surface area (Å²) in [6.45, 7) is 7.68. The number of ether oxygens (including phenoxy) is 1. The number of carbonyl (C=O) groups excluding carboxylic acids is 1. The molecule has 0 fully saturated rings. The van der Waals surface area contributed by atoms with Crippen molar-refractivity contribution in [1.82, 2.24) is 0 Å². The van der Waals surface area contributed by atoms with Gasteiger partial charge in [0.15, 0.2) is 0 Å². The first-order chi connectivity index (χ1) is 8.67. The number of carbonyl (C=O) groups is 1. The lowest BCUT2D eigenvalue weighted by atomic mass is 10.0. The molecule has 0 aromatic heterocycles. The van der Waals surface area contributed by atoms with E-state index < -0.39 is 5.54 Å². The van der Waals surface area contributed by atoms with Crippen molar-refractivity contribution in [3.63, 3.8) is 0 Å². The number of hydrogen-bond acceptors (Lipinski definition) is 3. The van der Waals surface area contributed by atoms with Crippen LogP contribution in [0.4, 0.5) is 5.69 Å². The third kappa shape index (κ3) is 3.70. The van der Waals surface area contributed by atoms with Crippen LogP contribution in [0.15, 0.2) is 12.1 Å². The molecule has 106 valence electrons. The Labute approximate surface area is 115 Å². The molecule has 2 N–H and O–H groups in total. The van der Waals surface area contributed by atoms with Crippen molar-refractivity contribution < 1.29 is 9.53 Å². The molecule has 0 aliphatic carbocycles. The van der Waals surface area contributed by atoms with Crippen LogP contribution in [0.3, 0.4) is 0 Å². The monoisotopic (exact) mass is 264 g/mol. The van der Waals surface area contributed by atoms with E-state index in [9.17, 15) is 4.79 Å². The SMILES string of the molecule is COc1ccc(N(C)C(=O)CC(C)(C)N)c(C)c1C. The molecule has 0 aliphatic rings. The minimum absolute atomic E-state index is 0.0140. The van der Waals surface area contributed by atoms with E-state index in [1.54, 1.807) is 19.1 Å². The summed E-state index contributed by atoms with van der Waals surface area (Å²) in [6, 6.07) is 3.79. The molecule has 4 nitrogen and oxygen atoms in total. The number of nitrogens with zero attached hydrogens (tertiary/aromatic N) is 1. The summed E-state index contributed by atoms with van der Waals surface area (Å²) < 4.78 is 5.28. The second-order valence-electron chi connectivity index (χ2n) is 5.66. The predicted octanol–water partition coefficient (Wildman–Crippen LogP) is 2.40. The van der Waals surface area contributed by atoms with E-state index >= 15 is 0 Å². The number of rotatable bonds is 4. The molecule has 1 aromatic carbocycles. The van der Waals surface area contributed by atoms with Crippen molar-refractivity contribution >= 4 is 11.6 Å². The zero-order chi connectivity index (χ0) is 14.8. The second-order valence-corrected chi connectivity index (χ2v) is 5.66. The van der Waals surface area contributed by atoms with Crippen molar-refractivity contribution in [1.29, 1.82) is 0 Å². The summed E-state index contributed by atoms with van der Waals surface area (Å²) in [5.41, 5.74) is 8.39. The van der Waals surface area contributed by atoms with Gasteiger partial charge in [0.05, 0.1) is 7.11 Å². The standard InChI is InChI=1S/C15H24N2O2/c1-10-11(2)13(19-6)8-7-12(10)17(5)14(18)9-15(3,4)16/h7-8H,9,16H2,1-6H3. The zero-order valence-corrected chi connectivity index (χ0v) is 12.7. The van der Waals surface area contributed by atoms with Gasteiger partial charge in [-0.2, -0.15) is 0 Å². The Bertz CT molecular complexity index is 476. The maximum atomic E-state index is 12.2. The molecule has 0 bridgehead atoms. The van der Waals surface area contributed by atoms with E-state index in [2.05, 4.69) is 0 Å². The molecule has 0 saturated heterocycles. The second kappa shape index (κ2) is 5.61. The van der Waals surface area contributed by atoms with Gasteiger partial charge in [-0.05, 0) is 51.0 Å². The lowest BCUT2D eigenvalue weighted by molar-refractivity contribution is -0.119. The van der Waals surface area contributed by atoms with E-state index in [4.69, 9.17) is 10.5 Å². The molecule has 0 saturated carbocycles. The van der Waals surface area contributed by atoms with E-state index in [0.717, 1.165) is 22.6 Å². The summed E-state index contributed by atoms with van der Waals surface area (Å²) in [7, 11) is 3.43. The average molecular weight is 264 g/mol. The molecule has 4 heteroatoms. The van der Waals surface area contributed by atoms with Crippen molar-refractivity contribution in [2.24, 2.45) is 5.73 Å². The molecule has 0 aliphatic heterocycles. The highest BCUT2D eigenvalue weighted by atomic mass is 16.5. The van der Waals surface area contributed by atoms with Crippen molar-refractivity contribution in [2.75, 3.05) is 19.1 Å². The van der Waals surface area contributed by atoms with Crippen LogP contribution in [0.1, 0.15) is 31.4 Å². The van der Waals surface area contributed by atoms with Gasteiger partial charge >= 0.3 is 0 Å². The molecule has 1 aromatic rings. The van der Waals surface area contributed by atoms with Crippen LogP contribution in [0, 0.1) is 13.8 Å². The summed E-state index contributed by atoms with van der Waals surface area (Å²) in [6.07, 6.45) is 0.314. The van der Waals surface area contributed by atoms with Gasteiger partial charge in [0.2, 0.25) is 5.91 Å².